The lowest BCUT2D eigenvalue weighted by Crippen LogP contribution is -2.32. The number of amides is 5. The summed E-state index contributed by atoms with van der Waals surface area (Å²) in [5.74, 6) is -6.99. The van der Waals surface area contributed by atoms with Crippen LogP contribution in [0.25, 0.3) is 0 Å². The Morgan fingerprint density at radius 3 is 0.939 bits per heavy atom. The molecule has 4 heterocycles. The van der Waals surface area contributed by atoms with E-state index in [1.54, 1.807) is 24.5 Å². The zero-order valence-electron chi connectivity index (χ0n) is 70.8. The average molecular weight is 1910 g/mol. The van der Waals surface area contributed by atoms with Crippen LogP contribution in [0.3, 0.4) is 0 Å². The summed E-state index contributed by atoms with van der Waals surface area (Å²) in [6.07, 6.45) is 8.73. The number of H-pyrrole nitrogens is 2. The monoisotopic (exact) mass is 1900 g/mol. The van der Waals surface area contributed by atoms with Crippen LogP contribution in [0.4, 0.5) is 22.0 Å². The number of carbonyl (C=O) groups excluding carboxylic acids is 10. The van der Waals surface area contributed by atoms with Crippen molar-refractivity contribution in [1.29, 1.82) is 0 Å². The van der Waals surface area contributed by atoms with Gasteiger partial charge in [-0.15, -0.1) is 0 Å². The maximum Gasteiger partial charge on any atom is 0.288 e. The van der Waals surface area contributed by atoms with Crippen LogP contribution in [-0.2, 0) is 145 Å². The Balaban J connectivity index is 0.000000252. The lowest BCUT2D eigenvalue weighted by Gasteiger charge is -2.11. The molecule has 39 heteroatoms. The van der Waals surface area contributed by atoms with E-state index in [1.807, 2.05) is 36.4 Å². The highest BCUT2D eigenvalue weighted by molar-refractivity contribution is 6.39. The van der Waals surface area contributed by atoms with Gasteiger partial charge in [-0.1, -0.05) is 145 Å². The first kappa shape index (κ1) is 106. The Labute approximate surface area is 776 Å². The molecule has 0 aliphatic carbocycles. The van der Waals surface area contributed by atoms with Gasteiger partial charge in [0.05, 0.1) is 79.8 Å². The first-order chi connectivity index (χ1) is 62.3. The van der Waals surface area contributed by atoms with E-state index in [2.05, 4.69) is 96.0 Å². The SMILES string of the molecule is C=C(N)NCCc1[nH]ccc1CNC(=O)C(=O)Cc1ccc(Cl)c(F)c1.C=C(N)NCCc1cc[nH]c1CNC(=O)C(=O)Cc1ccc(Cl)c(F)c1.C=C(N)NCCc1ccccc1CNC(=O)C(=O)Cc1ccc(Cl)c(F)c1.C=C(N)NCCc1ccoc1CNC(=O)C(=O)Cc1ccc(Cl)c(F)c1.C=C(N)NCCc1occc1CNC(=O)C(=O)Cc1ccc(Cl)c(F)c1. The molecule has 0 saturated carbocycles. The number of benzene rings is 6. The Hall–Kier alpha value is -14.1. The summed E-state index contributed by atoms with van der Waals surface area (Å²) < 4.78 is 77.7. The molecule has 22 N–H and O–H groups in total. The van der Waals surface area contributed by atoms with Crippen molar-refractivity contribution in [3.63, 3.8) is 0 Å². The number of Topliss-reactive ketones (excluding diaryl/α,β-unsaturated/α-hetero) is 5. The highest BCUT2D eigenvalue weighted by Crippen LogP contribution is 2.23. The van der Waals surface area contributed by atoms with Gasteiger partial charge in [0.2, 0.25) is 28.9 Å². The Morgan fingerprint density at radius 2 is 0.573 bits per heavy atom. The van der Waals surface area contributed by atoms with Crippen LogP contribution in [0.2, 0.25) is 25.1 Å². The molecule has 4 aromatic heterocycles. The van der Waals surface area contributed by atoms with Gasteiger partial charge >= 0.3 is 0 Å². The van der Waals surface area contributed by atoms with E-state index in [0.717, 1.165) is 75.1 Å². The van der Waals surface area contributed by atoms with E-state index in [1.165, 1.54) is 73.2 Å². The largest absolute Gasteiger partial charge is 0.469 e. The molecule has 0 spiro atoms. The summed E-state index contributed by atoms with van der Waals surface area (Å²) in [6, 6.07) is 34.8. The first-order valence-electron chi connectivity index (χ1n) is 40.0. The minimum absolute atomic E-state index is 0.0278. The fraction of sp³-hybridized carbons (Fsp3) is 0.217. The Bertz CT molecular complexity index is 5180. The molecule has 131 heavy (non-hydrogen) atoms. The second-order valence-corrected chi connectivity index (χ2v) is 30.7. The Kier molecular flexibility index (Phi) is 44.4. The fourth-order valence-corrected chi connectivity index (χ4v) is 12.4. The average Bonchev–Trinajstić information content (AvgIpc) is 1.70. The van der Waals surface area contributed by atoms with E-state index in [4.69, 9.17) is 95.5 Å². The number of hydrogen-bond donors (Lipinski definition) is 17. The predicted molar refractivity (Wildman–Crippen MR) is 490 cm³/mol. The molecule has 10 aromatic rings. The number of aromatic amines is 2. The molecular weight excluding hydrogens is 1810 g/mol. The normalized spacial score (nSPS) is 10.4. The van der Waals surface area contributed by atoms with Crippen molar-refractivity contribution in [1.82, 2.24) is 63.1 Å². The molecular formula is C92H99Cl5F5N17O12. The summed E-state index contributed by atoms with van der Waals surface area (Å²) in [5.41, 5.74) is 36.3. The van der Waals surface area contributed by atoms with E-state index < -0.39 is 87.5 Å². The number of halogens is 10. The van der Waals surface area contributed by atoms with Crippen molar-refractivity contribution >= 4 is 116 Å². The highest BCUT2D eigenvalue weighted by Gasteiger charge is 2.23. The lowest BCUT2D eigenvalue weighted by atomic mass is 10.0. The highest BCUT2D eigenvalue weighted by atomic mass is 35.5. The smallest absolute Gasteiger partial charge is 0.288 e. The van der Waals surface area contributed by atoms with Crippen LogP contribution >= 0.6 is 58.0 Å². The molecule has 0 aliphatic heterocycles. The Morgan fingerprint density at radius 1 is 0.290 bits per heavy atom. The minimum atomic E-state index is -0.767. The maximum absolute atomic E-state index is 13.4. The standard InChI is InChI=1S/C20H21ClFN3O2.2C18H20ClFN4O2.2C18H19ClFN3O3/c1-13(23)24-9-8-15-4-2-3-5-16(15)12-25-20(27)19(26)11-14-6-7-17(21)18(22)10-14;1-11(21)22-7-5-16-13(4-6-23-16)10-24-18(26)17(25)9-12-2-3-14(19)15(20)8-12;1-11(21)22-6-4-13-5-7-23-16(13)10-24-18(26)17(25)9-12-2-3-14(19)15(20)8-12;1-11(21)22-6-4-17-13(5-7-26-17)10-23-18(25)16(24)9-12-2-3-14(19)15(20)8-12;1-11(21)22-6-4-13-5-7-26-17(13)10-23-18(25)16(24)9-12-2-3-14(19)15(20)8-12/h2-7,10,24H,1,8-9,11-12,23H2,(H,25,27);2-4,6,8,22-23H,1,5,7,9-10,21H2,(H,24,26);2-3,5,7-8,22-23H,1,4,6,9-10,21H2,(H,24,26);2*2-3,5,7-8,22H,1,4,6,9-10,21H2,(H,23,25). The molecule has 0 fully saturated rings. The van der Waals surface area contributed by atoms with Crippen LogP contribution < -0.4 is 81.8 Å². The third-order valence-corrected chi connectivity index (χ3v) is 20.0. The number of carbonyl (C=O) groups is 10. The number of rotatable bonds is 45. The summed E-state index contributed by atoms with van der Waals surface area (Å²) >= 11 is 28.0. The fourth-order valence-electron chi connectivity index (χ4n) is 11.8. The molecule has 29 nitrogen and oxygen atoms in total. The molecule has 0 bridgehead atoms. The van der Waals surface area contributed by atoms with Gasteiger partial charge in [0.1, 0.15) is 40.6 Å². The molecule has 0 saturated heterocycles. The van der Waals surface area contributed by atoms with E-state index in [-0.39, 0.29) is 89.9 Å². The van der Waals surface area contributed by atoms with Crippen molar-refractivity contribution in [3.8, 4) is 0 Å². The van der Waals surface area contributed by atoms with Gasteiger partial charge in [-0.2, -0.15) is 0 Å². The van der Waals surface area contributed by atoms with Crippen molar-refractivity contribution in [2.24, 2.45) is 28.7 Å². The van der Waals surface area contributed by atoms with Gasteiger partial charge in [0.25, 0.3) is 29.5 Å². The zero-order valence-corrected chi connectivity index (χ0v) is 74.6. The van der Waals surface area contributed by atoms with Gasteiger partial charge in [0, 0.05) is 127 Å². The minimum Gasteiger partial charge on any atom is -0.469 e. The van der Waals surface area contributed by atoms with Gasteiger partial charge in [-0.05, 0) is 160 Å². The number of nitrogens with one attached hydrogen (secondary N) is 12. The molecule has 6 aromatic carbocycles. The van der Waals surface area contributed by atoms with Gasteiger partial charge in [-0.25, -0.2) is 22.0 Å². The van der Waals surface area contributed by atoms with Crippen molar-refractivity contribution in [2.45, 2.75) is 96.9 Å². The predicted octanol–water partition coefficient (Wildman–Crippen LogP) is 10.2. The van der Waals surface area contributed by atoms with E-state index >= 15 is 0 Å². The third-order valence-electron chi connectivity index (χ3n) is 18.5. The topological polar surface area (TPSA) is 479 Å². The molecule has 5 amide bonds. The molecule has 0 unspecified atom stereocenters. The van der Waals surface area contributed by atoms with Crippen LogP contribution in [0, 0.1) is 29.1 Å². The lowest BCUT2D eigenvalue weighted by molar-refractivity contribution is -0.137. The molecule has 0 radical (unpaired) electrons. The van der Waals surface area contributed by atoms with Crippen LogP contribution in [0.1, 0.15) is 84.1 Å². The zero-order chi connectivity index (χ0) is 96.2. The molecule has 0 atom stereocenters. The second-order valence-electron chi connectivity index (χ2n) is 28.6. The number of ketones is 5. The summed E-state index contributed by atoms with van der Waals surface area (Å²) in [5, 5.41) is 27.2. The van der Waals surface area contributed by atoms with Crippen LogP contribution in [0.15, 0.2) is 235 Å². The summed E-state index contributed by atoms with van der Waals surface area (Å²) in [4.78, 5) is 126. The van der Waals surface area contributed by atoms with Gasteiger partial charge in [-0.3, -0.25) is 47.9 Å². The number of furan rings is 2. The summed E-state index contributed by atoms with van der Waals surface area (Å²) in [7, 11) is 0. The first-order valence-corrected chi connectivity index (χ1v) is 41.9. The van der Waals surface area contributed by atoms with Gasteiger partial charge < -0.3 is 101 Å². The summed E-state index contributed by atoms with van der Waals surface area (Å²) in [6.45, 7) is 21.5. The molecule has 0 aliphatic rings. The van der Waals surface area contributed by atoms with Crippen molar-refractivity contribution in [3.05, 3.63) is 365 Å². The van der Waals surface area contributed by atoms with Gasteiger partial charge in [0.15, 0.2) is 0 Å². The second kappa shape index (κ2) is 55.0. The third kappa shape index (κ3) is 38.8. The van der Waals surface area contributed by atoms with Crippen LogP contribution in [0.5, 0.6) is 0 Å². The van der Waals surface area contributed by atoms with E-state index in [0.29, 0.717) is 133 Å². The van der Waals surface area contributed by atoms with Crippen molar-refractivity contribution < 1.29 is 78.7 Å². The molecule has 694 valence electrons. The number of hydrogen-bond acceptors (Lipinski definition) is 22. The molecule has 10 rings (SSSR count). The number of nitrogens with two attached hydrogens (primary N) is 5. The van der Waals surface area contributed by atoms with Crippen molar-refractivity contribution in [2.75, 3.05) is 32.7 Å². The quantitative estimate of drug-likeness (QED) is 0.0125. The number of aromatic nitrogens is 2. The van der Waals surface area contributed by atoms with Crippen LogP contribution in [-0.4, -0.2) is 101 Å². The van der Waals surface area contributed by atoms with E-state index in [9.17, 15) is 69.9 Å². The maximum atomic E-state index is 13.4.